The van der Waals surface area contributed by atoms with Gasteiger partial charge < -0.3 is 25.4 Å². The number of rotatable bonds is 14. The lowest BCUT2D eigenvalue weighted by Gasteiger charge is -2.25. The Bertz CT molecular complexity index is 1640. The molecule has 1 heterocycles. The molecule has 2 amide bonds. The molecule has 242 valence electrons. The predicted molar refractivity (Wildman–Crippen MR) is 180 cm³/mol. The molecular formula is C36H42N4O5S. The summed E-state index contributed by atoms with van der Waals surface area (Å²) in [6.07, 6.45) is -0.522. The van der Waals surface area contributed by atoms with Crippen LogP contribution in [0.2, 0.25) is 0 Å². The van der Waals surface area contributed by atoms with Gasteiger partial charge >= 0.3 is 5.97 Å². The van der Waals surface area contributed by atoms with Crippen LogP contribution >= 0.6 is 11.3 Å². The lowest BCUT2D eigenvalue weighted by Crippen LogP contribution is -2.48. The van der Waals surface area contributed by atoms with Crippen molar-refractivity contribution in [3.63, 3.8) is 0 Å². The highest BCUT2D eigenvalue weighted by atomic mass is 32.1. The molecule has 0 radical (unpaired) electrons. The highest BCUT2D eigenvalue weighted by molar-refractivity contribution is 7.09. The Hall–Kier alpha value is -4.38. The summed E-state index contributed by atoms with van der Waals surface area (Å²) in [6, 6.07) is 21.3. The van der Waals surface area contributed by atoms with Gasteiger partial charge in [-0.25, -0.2) is 4.98 Å². The van der Waals surface area contributed by atoms with E-state index in [-0.39, 0.29) is 30.2 Å². The van der Waals surface area contributed by atoms with E-state index in [1.54, 1.807) is 42.3 Å². The SMILES string of the molecule is CC(=O)Oc1cc(CNCC(O)C(Cc2ccccc2)NC(=O)c2cccc(C(=O)N(C)Cc3nc(C)cs3)c2)cc(C(C)C)c1. The number of carbonyl (C=O) groups excluding carboxylic acids is 3. The number of hydrogen-bond acceptors (Lipinski definition) is 8. The monoisotopic (exact) mass is 642 g/mol. The number of aliphatic hydroxyl groups excluding tert-OH is 1. The lowest BCUT2D eigenvalue weighted by molar-refractivity contribution is -0.131. The minimum Gasteiger partial charge on any atom is -0.427 e. The van der Waals surface area contributed by atoms with Gasteiger partial charge in [0.2, 0.25) is 0 Å². The van der Waals surface area contributed by atoms with Crippen molar-refractivity contribution in [1.29, 1.82) is 0 Å². The summed E-state index contributed by atoms with van der Waals surface area (Å²) in [5.41, 5.74) is 4.54. The first-order chi connectivity index (χ1) is 22.0. The Kier molecular flexibility index (Phi) is 12.2. The number of aliphatic hydroxyl groups is 1. The molecule has 0 aliphatic rings. The van der Waals surface area contributed by atoms with Crippen molar-refractivity contribution in [2.75, 3.05) is 13.6 Å². The Morgan fingerprint density at radius 1 is 0.978 bits per heavy atom. The maximum atomic E-state index is 13.5. The number of hydrogen-bond donors (Lipinski definition) is 3. The molecule has 2 unspecified atom stereocenters. The van der Waals surface area contributed by atoms with Gasteiger partial charge in [-0.15, -0.1) is 11.3 Å². The second-order valence-electron chi connectivity index (χ2n) is 11.8. The van der Waals surface area contributed by atoms with Crippen LogP contribution in [-0.4, -0.2) is 58.5 Å². The van der Waals surface area contributed by atoms with Crippen LogP contribution in [0.5, 0.6) is 5.75 Å². The van der Waals surface area contributed by atoms with Gasteiger partial charge in [0, 0.05) is 49.3 Å². The summed E-state index contributed by atoms with van der Waals surface area (Å²) >= 11 is 1.50. The maximum absolute atomic E-state index is 13.5. The molecule has 1 aromatic heterocycles. The van der Waals surface area contributed by atoms with Crippen LogP contribution in [0.4, 0.5) is 0 Å². The molecule has 9 nitrogen and oxygen atoms in total. The van der Waals surface area contributed by atoms with Crippen molar-refractivity contribution in [2.45, 2.75) is 65.3 Å². The zero-order valence-electron chi connectivity index (χ0n) is 26.9. The fourth-order valence-electron chi connectivity index (χ4n) is 5.02. The molecule has 46 heavy (non-hydrogen) atoms. The number of aryl methyl sites for hydroxylation is 1. The van der Waals surface area contributed by atoms with E-state index in [0.29, 0.717) is 36.4 Å². The van der Waals surface area contributed by atoms with E-state index in [9.17, 15) is 19.5 Å². The highest BCUT2D eigenvalue weighted by Gasteiger charge is 2.23. The van der Waals surface area contributed by atoms with E-state index < -0.39 is 12.1 Å². The third-order valence-electron chi connectivity index (χ3n) is 7.44. The summed E-state index contributed by atoms with van der Waals surface area (Å²) in [5.74, 6) is -0.269. The van der Waals surface area contributed by atoms with Crippen molar-refractivity contribution < 1.29 is 24.2 Å². The van der Waals surface area contributed by atoms with E-state index in [1.807, 2.05) is 54.8 Å². The van der Waals surface area contributed by atoms with Gasteiger partial charge in [0.15, 0.2) is 0 Å². The van der Waals surface area contributed by atoms with Gasteiger partial charge in [0.05, 0.1) is 18.7 Å². The second kappa shape index (κ2) is 16.3. The number of carbonyl (C=O) groups is 3. The summed E-state index contributed by atoms with van der Waals surface area (Å²) in [5, 5.41) is 20.4. The lowest BCUT2D eigenvalue weighted by atomic mass is 9.99. The van der Waals surface area contributed by atoms with Crippen LogP contribution in [0.3, 0.4) is 0 Å². The third kappa shape index (κ3) is 10.1. The van der Waals surface area contributed by atoms with Gasteiger partial charge in [-0.3, -0.25) is 14.4 Å². The average Bonchev–Trinajstić information content (AvgIpc) is 3.44. The summed E-state index contributed by atoms with van der Waals surface area (Å²) in [6.45, 7) is 8.42. The largest absolute Gasteiger partial charge is 0.427 e. The number of esters is 1. The van der Waals surface area contributed by atoms with Crippen molar-refractivity contribution in [3.05, 3.63) is 117 Å². The minimum atomic E-state index is -0.928. The van der Waals surface area contributed by atoms with E-state index in [0.717, 1.165) is 27.4 Å². The quantitative estimate of drug-likeness (QED) is 0.127. The number of aromatic nitrogens is 1. The number of nitrogens with one attached hydrogen (secondary N) is 2. The van der Waals surface area contributed by atoms with Crippen LogP contribution in [-0.2, 0) is 24.3 Å². The molecule has 10 heteroatoms. The van der Waals surface area contributed by atoms with Crippen LogP contribution < -0.4 is 15.4 Å². The summed E-state index contributed by atoms with van der Waals surface area (Å²) in [4.78, 5) is 44.2. The fourth-order valence-corrected chi connectivity index (χ4v) is 5.84. The molecule has 2 atom stereocenters. The molecule has 0 aliphatic carbocycles. The topological polar surface area (TPSA) is 121 Å². The van der Waals surface area contributed by atoms with Crippen molar-refractivity contribution in [2.24, 2.45) is 0 Å². The van der Waals surface area contributed by atoms with Gasteiger partial charge in [-0.2, -0.15) is 0 Å². The molecule has 0 saturated carbocycles. The van der Waals surface area contributed by atoms with Crippen molar-refractivity contribution in [3.8, 4) is 5.75 Å². The molecule has 0 spiro atoms. The van der Waals surface area contributed by atoms with Crippen molar-refractivity contribution >= 4 is 29.1 Å². The minimum absolute atomic E-state index is 0.201. The molecule has 0 saturated heterocycles. The summed E-state index contributed by atoms with van der Waals surface area (Å²) in [7, 11) is 1.71. The van der Waals surface area contributed by atoms with Gasteiger partial charge in [-0.05, 0) is 66.3 Å². The fraction of sp³-hybridized carbons (Fsp3) is 0.333. The first-order valence-corrected chi connectivity index (χ1v) is 16.2. The standard InChI is InChI=1S/C36H42N4O5S/c1-23(2)30-14-27(15-31(18-30)45-25(4)41)19-37-20-33(42)32(16-26-10-7-6-8-11-26)39-35(43)28-12-9-13-29(17-28)36(44)40(5)21-34-38-24(3)22-46-34/h6-15,17-18,22-23,32-33,37,42H,16,19-21H2,1-5H3,(H,39,43). The molecular weight excluding hydrogens is 600 g/mol. The smallest absolute Gasteiger partial charge is 0.308 e. The average molecular weight is 643 g/mol. The predicted octanol–water partition coefficient (Wildman–Crippen LogP) is 5.26. The Balaban J connectivity index is 1.44. The maximum Gasteiger partial charge on any atom is 0.308 e. The first-order valence-electron chi connectivity index (χ1n) is 15.3. The van der Waals surface area contributed by atoms with Crippen molar-refractivity contribution in [1.82, 2.24) is 20.5 Å². The van der Waals surface area contributed by atoms with E-state index in [2.05, 4.69) is 29.5 Å². The number of benzene rings is 3. The molecule has 0 aliphatic heterocycles. The van der Waals surface area contributed by atoms with E-state index in [4.69, 9.17) is 4.74 Å². The highest BCUT2D eigenvalue weighted by Crippen LogP contribution is 2.23. The molecule has 0 bridgehead atoms. The van der Waals surface area contributed by atoms with Gasteiger partial charge in [-0.1, -0.05) is 56.3 Å². The van der Waals surface area contributed by atoms with E-state index in [1.165, 1.54) is 18.3 Å². The zero-order chi connectivity index (χ0) is 33.2. The normalized spacial score (nSPS) is 12.4. The summed E-state index contributed by atoms with van der Waals surface area (Å²) < 4.78 is 5.34. The molecule has 3 N–H and O–H groups in total. The molecule has 3 aromatic carbocycles. The van der Waals surface area contributed by atoms with Gasteiger partial charge in [0.25, 0.3) is 11.8 Å². The third-order valence-corrected chi connectivity index (χ3v) is 8.39. The van der Waals surface area contributed by atoms with Gasteiger partial charge in [0.1, 0.15) is 10.8 Å². The van der Waals surface area contributed by atoms with Crippen LogP contribution in [0.1, 0.15) is 74.8 Å². The number of nitrogens with zero attached hydrogens (tertiary/aromatic N) is 2. The Labute approximate surface area is 274 Å². The second-order valence-corrected chi connectivity index (χ2v) is 12.7. The Morgan fingerprint density at radius 2 is 1.72 bits per heavy atom. The first kappa shape index (κ1) is 34.5. The Morgan fingerprint density at radius 3 is 2.39 bits per heavy atom. The van der Waals surface area contributed by atoms with Crippen LogP contribution in [0.15, 0.2) is 78.2 Å². The zero-order valence-corrected chi connectivity index (χ0v) is 27.8. The van der Waals surface area contributed by atoms with Crippen LogP contribution in [0, 0.1) is 6.92 Å². The van der Waals surface area contributed by atoms with E-state index >= 15 is 0 Å². The number of thiazole rings is 1. The molecule has 0 fully saturated rings. The molecule has 4 aromatic rings. The molecule has 4 rings (SSSR count). The number of amides is 2. The van der Waals surface area contributed by atoms with Crippen LogP contribution in [0.25, 0.3) is 0 Å². The number of ether oxygens (including phenoxy) is 1.